The summed E-state index contributed by atoms with van der Waals surface area (Å²) in [5.74, 6) is 0. The van der Waals surface area contributed by atoms with Gasteiger partial charge in [0.2, 0.25) is 0 Å². The van der Waals surface area contributed by atoms with Crippen molar-refractivity contribution >= 4 is 5.71 Å². The molecule has 2 rings (SSSR count). The second-order valence-corrected chi connectivity index (χ2v) is 5.41. The minimum atomic E-state index is 0. The SMILES string of the molecule is CC(c1ccc2c(C)cc(C)cc(C)c1-2)=[N+](C)C.[Cl-]. The predicted octanol–water partition coefficient (Wildman–Crippen LogP) is 0.802. The van der Waals surface area contributed by atoms with Gasteiger partial charge in [0.15, 0.2) is 5.71 Å². The summed E-state index contributed by atoms with van der Waals surface area (Å²) in [4.78, 5) is 0. The van der Waals surface area contributed by atoms with Gasteiger partial charge in [-0.1, -0.05) is 23.8 Å². The van der Waals surface area contributed by atoms with Gasteiger partial charge in [-0.3, -0.25) is 0 Å². The van der Waals surface area contributed by atoms with E-state index in [2.05, 4.69) is 70.6 Å². The Labute approximate surface area is 122 Å². The molecule has 2 heteroatoms. The molecule has 0 saturated carbocycles. The molecule has 102 valence electrons. The van der Waals surface area contributed by atoms with E-state index in [9.17, 15) is 0 Å². The average Bonchev–Trinajstić information content (AvgIpc) is 2.67. The van der Waals surface area contributed by atoms with E-state index in [0.29, 0.717) is 0 Å². The fraction of sp³-hybridized carbons (Fsp3) is 0.353. The summed E-state index contributed by atoms with van der Waals surface area (Å²) in [6.45, 7) is 8.76. The quantitative estimate of drug-likeness (QED) is 0.535. The van der Waals surface area contributed by atoms with Crippen molar-refractivity contribution in [2.75, 3.05) is 14.1 Å². The van der Waals surface area contributed by atoms with Gasteiger partial charge < -0.3 is 12.4 Å². The predicted molar refractivity (Wildman–Crippen MR) is 79.2 cm³/mol. The Balaban J connectivity index is 0.00000180. The number of nitrogens with zero attached hydrogens (tertiary/aromatic N) is 1. The van der Waals surface area contributed by atoms with Crippen LogP contribution >= 0.6 is 0 Å². The van der Waals surface area contributed by atoms with Gasteiger partial charge in [-0.25, -0.2) is 4.58 Å². The zero-order chi connectivity index (χ0) is 13.4. The van der Waals surface area contributed by atoms with Crippen LogP contribution < -0.4 is 12.4 Å². The zero-order valence-corrected chi connectivity index (χ0v) is 13.4. The molecular formula is C17H22ClN. The maximum Gasteiger partial charge on any atom is 0.180 e. The first kappa shape index (κ1) is 15.7. The summed E-state index contributed by atoms with van der Waals surface area (Å²) in [6, 6.07) is 9.04. The molecule has 0 amide bonds. The number of hydrogen-bond acceptors (Lipinski definition) is 0. The van der Waals surface area contributed by atoms with E-state index in [1.807, 2.05) is 0 Å². The number of rotatable bonds is 1. The van der Waals surface area contributed by atoms with Crippen LogP contribution in [0, 0.1) is 20.8 Å². The Morgan fingerprint density at radius 3 is 2.11 bits per heavy atom. The van der Waals surface area contributed by atoms with Gasteiger partial charge >= 0.3 is 0 Å². The molecule has 0 atom stereocenters. The second-order valence-electron chi connectivity index (χ2n) is 5.41. The molecule has 19 heavy (non-hydrogen) atoms. The zero-order valence-electron chi connectivity index (χ0n) is 12.6. The number of aryl methyl sites for hydroxylation is 3. The smallest absolute Gasteiger partial charge is 0.180 e. The van der Waals surface area contributed by atoms with Crippen molar-refractivity contribution in [1.29, 1.82) is 0 Å². The normalized spacial score (nSPS) is 10.2. The van der Waals surface area contributed by atoms with Gasteiger partial charge in [-0.05, 0) is 49.1 Å². The molecule has 2 aliphatic carbocycles. The average molecular weight is 276 g/mol. The van der Waals surface area contributed by atoms with Crippen molar-refractivity contribution in [2.24, 2.45) is 0 Å². The van der Waals surface area contributed by atoms with E-state index in [0.717, 1.165) is 0 Å². The van der Waals surface area contributed by atoms with Gasteiger partial charge in [0.1, 0.15) is 14.1 Å². The lowest BCUT2D eigenvalue weighted by atomic mass is 9.99. The van der Waals surface area contributed by atoms with Crippen molar-refractivity contribution in [2.45, 2.75) is 27.7 Å². The summed E-state index contributed by atoms with van der Waals surface area (Å²) >= 11 is 0. The van der Waals surface area contributed by atoms with Gasteiger partial charge in [0.25, 0.3) is 0 Å². The Morgan fingerprint density at radius 2 is 1.53 bits per heavy atom. The summed E-state index contributed by atoms with van der Waals surface area (Å²) in [5, 5.41) is 0. The standard InChI is InChI=1S/C17H22N.ClH/c1-11-9-12(2)15-7-8-16(14(4)18(5)6)17(15)13(3)10-11;/h7-10H,1-6H3;1H/q+1;/p-1. The van der Waals surface area contributed by atoms with Gasteiger partial charge in [0.05, 0.1) is 0 Å². The van der Waals surface area contributed by atoms with Gasteiger partial charge in [-0.2, -0.15) is 0 Å². The lowest BCUT2D eigenvalue weighted by Gasteiger charge is -2.05. The van der Waals surface area contributed by atoms with E-state index in [1.54, 1.807) is 0 Å². The first-order chi connectivity index (χ1) is 8.41. The minimum absolute atomic E-state index is 0. The second kappa shape index (κ2) is 5.75. The molecule has 2 aliphatic rings. The fourth-order valence-corrected chi connectivity index (χ4v) is 2.65. The third-order valence-electron chi connectivity index (χ3n) is 3.72. The maximum atomic E-state index is 2.28. The van der Waals surface area contributed by atoms with Gasteiger partial charge in [0, 0.05) is 12.5 Å². The van der Waals surface area contributed by atoms with E-state index in [1.165, 1.54) is 39.1 Å². The Hall–Kier alpha value is -1.34. The van der Waals surface area contributed by atoms with Crippen LogP contribution in [0.2, 0.25) is 0 Å². The molecule has 0 radical (unpaired) electrons. The van der Waals surface area contributed by atoms with E-state index in [-0.39, 0.29) is 12.4 Å². The fourth-order valence-electron chi connectivity index (χ4n) is 2.65. The molecule has 0 bridgehead atoms. The van der Waals surface area contributed by atoms with Crippen LogP contribution in [0.5, 0.6) is 0 Å². The first-order valence-electron chi connectivity index (χ1n) is 6.43. The molecule has 0 aromatic heterocycles. The molecular weight excluding hydrogens is 254 g/mol. The highest BCUT2D eigenvalue weighted by Crippen LogP contribution is 2.34. The molecule has 0 aromatic rings. The highest BCUT2D eigenvalue weighted by Gasteiger charge is 2.18. The topological polar surface area (TPSA) is 3.01 Å². The Morgan fingerprint density at radius 1 is 0.947 bits per heavy atom. The lowest BCUT2D eigenvalue weighted by Crippen LogP contribution is -3.00. The molecule has 0 aliphatic heterocycles. The highest BCUT2D eigenvalue weighted by atomic mass is 35.5. The number of hydrogen-bond donors (Lipinski definition) is 0. The molecule has 0 spiro atoms. The molecule has 0 saturated heterocycles. The van der Waals surface area contributed by atoms with Crippen molar-refractivity contribution in [3.63, 3.8) is 0 Å². The monoisotopic (exact) mass is 275 g/mol. The van der Waals surface area contributed by atoms with E-state index >= 15 is 0 Å². The van der Waals surface area contributed by atoms with E-state index < -0.39 is 0 Å². The summed E-state index contributed by atoms with van der Waals surface area (Å²) in [7, 11) is 4.20. The minimum Gasteiger partial charge on any atom is -1.00 e. The van der Waals surface area contributed by atoms with Crippen LogP contribution in [-0.2, 0) is 0 Å². The maximum absolute atomic E-state index is 2.28. The van der Waals surface area contributed by atoms with Crippen LogP contribution in [0.1, 0.15) is 29.2 Å². The third kappa shape index (κ3) is 2.82. The Kier molecular flexibility index (Phi) is 4.75. The van der Waals surface area contributed by atoms with Crippen molar-refractivity contribution in [3.05, 3.63) is 46.5 Å². The lowest BCUT2D eigenvalue weighted by molar-refractivity contribution is -0.464. The molecule has 0 unspecified atom stereocenters. The summed E-state index contributed by atoms with van der Waals surface area (Å²) in [6.07, 6.45) is 0. The molecule has 0 aromatic carbocycles. The summed E-state index contributed by atoms with van der Waals surface area (Å²) < 4.78 is 2.18. The largest absolute Gasteiger partial charge is 1.00 e. The molecule has 0 heterocycles. The van der Waals surface area contributed by atoms with Crippen LogP contribution in [0.3, 0.4) is 0 Å². The molecule has 0 N–H and O–H groups in total. The van der Waals surface area contributed by atoms with Crippen LogP contribution in [0.15, 0.2) is 24.3 Å². The molecule has 0 fully saturated rings. The molecule has 1 nitrogen and oxygen atoms in total. The number of halogens is 1. The third-order valence-corrected chi connectivity index (χ3v) is 3.72. The first-order valence-corrected chi connectivity index (χ1v) is 6.43. The van der Waals surface area contributed by atoms with Crippen LogP contribution in [0.4, 0.5) is 0 Å². The summed E-state index contributed by atoms with van der Waals surface area (Å²) in [5.41, 5.74) is 9.48. The van der Waals surface area contributed by atoms with Crippen molar-refractivity contribution < 1.29 is 17.0 Å². The van der Waals surface area contributed by atoms with Crippen molar-refractivity contribution in [3.8, 4) is 11.1 Å². The Bertz CT molecular complexity index is 607. The van der Waals surface area contributed by atoms with Crippen molar-refractivity contribution in [1.82, 2.24) is 0 Å². The van der Waals surface area contributed by atoms with Crippen LogP contribution in [0.25, 0.3) is 11.1 Å². The van der Waals surface area contributed by atoms with Crippen LogP contribution in [-0.4, -0.2) is 24.4 Å². The number of fused-ring (bicyclic) bond motifs is 1. The highest BCUT2D eigenvalue weighted by molar-refractivity contribution is 6.03. The van der Waals surface area contributed by atoms with E-state index in [4.69, 9.17) is 0 Å². The van der Waals surface area contributed by atoms with Gasteiger partial charge in [-0.15, -0.1) is 0 Å².